The smallest absolute Gasteiger partial charge is 0.269 e. The number of fused-ring (bicyclic) bond motifs is 10. The molecule has 440 valence electrons. The van der Waals surface area contributed by atoms with Crippen LogP contribution in [-0.4, -0.2) is 14.1 Å². The lowest BCUT2D eigenvalue weighted by atomic mass is 9.78. The Kier molecular flexibility index (Phi) is 11.9. The zero-order valence-corrected chi connectivity index (χ0v) is 53.0. The summed E-state index contributed by atoms with van der Waals surface area (Å²) in [5.41, 5.74) is 19.1. The van der Waals surface area contributed by atoms with Crippen LogP contribution in [0.1, 0.15) is 125 Å². The highest BCUT2D eigenvalue weighted by Crippen LogP contribution is 2.49. The van der Waals surface area contributed by atoms with Gasteiger partial charge in [-0.1, -0.05) is 223 Å². The topological polar surface area (TPSA) is 35.9 Å². The van der Waals surface area contributed by atoms with Crippen molar-refractivity contribution in [3.05, 3.63) is 258 Å². The van der Waals surface area contributed by atoms with Gasteiger partial charge in [-0.05, 0) is 202 Å². The molecule has 0 unspecified atom stereocenters. The molecule has 5 heteroatoms. The Balaban J connectivity index is 1.09. The van der Waals surface area contributed by atoms with Crippen LogP contribution in [0.25, 0.3) is 117 Å². The summed E-state index contributed by atoms with van der Waals surface area (Å²) < 4.78 is 67.9. The van der Waals surface area contributed by atoms with Crippen LogP contribution in [0.5, 0.6) is 11.5 Å². The van der Waals surface area contributed by atoms with Crippen LogP contribution in [0.4, 0.5) is 0 Å². The van der Waals surface area contributed by atoms with Gasteiger partial charge in [-0.15, -0.1) is 0 Å². The van der Waals surface area contributed by atoms with Gasteiger partial charge in [0, 0.05) is 31.3 Å². The number of imidazole rings is 1. The Labute approximate surface area is 534 Å². The maximum Gasteiger partial charge on any atom is 0.269 e. The molecule has 1 aliphatic heterocycles. The van der Waals surface area contributed by atoms with Crippen LogP contribution in [-0.2, 0) is 21.7 Å². The lowest BCUT2D eigenvalue weighted by Crippen LogP contribution is -2.32. The van der Waals surface area contributed by atoms with Crippen molar-refractivity contribution in [2.45, 2.75) is 118 Å². The molecule has 0 saturated heterocycles. The zero-order chi connectivity index (χ0) is 67.1. The summed E-state index contributed by atoms with van der Waals surface area (Å²) >= 11 is 0. The molecular formula is C84H78N4O. The average Bonchev–Trinajstić information content (AvgIpc) is 1.61. The summed E-state index contributed by atoms with van der Waals surface area (Å²) in [6.45, 7) is 21.4. The van der Waals surface area contributed by atoms with E-state index in [1.54, 1.807) is 18.2 Å². The highest BCUT2D eigenvalue weighted by molar-refractivity contribution is 6.10. The molecule has 14 rings (SSSR count). The van der Waals surface area contributed by atoms with E-state index in [9.17, 15) is 0 Å². The molecule has 3 aromatic heterocycles. The van der Waals surface area contributed by atoms with Gasteiger partial charge in [-0.25, -0.2) is 4.98 Å². The van der Waals surface area contributed by atoms with Crippen LogP contribution in [0.3, 0.4) is 0 Å². The molecule has 10 aromatic carbocycles. The first-order valence-electron chi connectivity index (χ1n) is 34.0. The summed E-state index contributed by atoms with van der Waals surface area (Å²) in [6, 6.07) is 73.3. The first-order chi connectivity index (χ1) is 44.9. The van der Waals surface area contributed by atoms with Gasteiger partial charge in [0.2, 0.25) is 0 Å². The third-order valence-electron chi connectivity index (χ3n) is 18.0. The fourth-order valence-electron chi connectivity index (χ4n) is 13.1. The van der Waals surface area contributed by atoms with Crippen LogP contribution < -0.4 is 9.30 Å². The van der Waals surface area contributed by atoms with E-state index in [0.29, 0.717) is 17.1 Å². The Morgan fingerprint density at radius 1 is 0.404 bits per heavy atom. The molecule has 0 spiro atoms. The normalized spacial score (nSPS) is 13.9. The van der Waals surface area contributed by atoms with E-state index in [0.717, 1.165) is 117 Å². The number of nitrogens with zero attached hydrogens (tertiary/aromatic N) is 4. The van der Waals surface area contributed by atoms with Crippen LogP contribution in [0.2, 0.25) is 0 Å². The van der Waals surface area contributed by atoms with E-state index < -0.39 is 13.7 Å². The summed E-state index contributed by atoms with van der Waals surface area (Å²) in [6.07, 6.45) is 5.96. The maximum absolute atomic E-state index is 9.03. The van der Waals surface area contributed by atoms with Crippen molar-refractivity contribution in [3.63, 3.8) is 0 Å². The first kappa shape index (κ1) is 50.4. The SMILES string of the molecule is [2H]C([2H])([2H])c1cccc(C([2H])([2H])[2H])c1-c1cc(-c2cc(C(C)(C)C)cc(C(C)(C)C)c2)c2c(c1)-c1ccccc1-c1ccccc1-c1cc(-c3ccc(C(C)(C)C)cc3)cc3c1[n+]-2[c-]n3-c1cccc(Oc2ccc3c4ccccc4n(-c4cc(C(C)(C)C)ccn4)c3c2)c1. The second kappa shape index (κ2) is 21.1. The Hall–Kier alpha value is -9.58. The number of hydrogen-bond acceptors (Lipinski definition) is 2. The van der Waals surface area contributed by atoms with E-state index in [4.69, 9.17) is 17.9 Å². The number of benzene rings is 10. The monoisotopic (exact) mass is 1160 g/mol. The van der Waals surface area contributed by atoms with Crippen molar-refractivity contribution in [2.75, 3.05) is 0 Å². The lowest BCUT2D eigenvalue weighted by molar-refractivity contribution is -0.570. The van der Waals surface area contributed by atoms with Crippen molar-refractivity contribution < 1.29 is 17.5 Å². The summed E-state index contributed by atoms with van der Waals surface area (Å²) in [7, 11) is 0. The predicted molar refractivity (Wildman–Crippen MR) is 373 cm³/mol. The molecule has 0 bridgehead atoms. The molecular weight excluding hydrogens is 1080 g/mol. The fraction of sp³-hybridized carbons (Fsp3) is 0.214. The van der Waals surface area contributed by atoms with Gasteiger partial charge in [0.1, 0.15) is 17.3 Å². The highest BCUT2D eigenvalue weighted by Gasteiger charge is 2.31. The Bertz CT molecular complexity index is 5160. The summed E-state index contributed by atoms with van der Waals surface area (Å²) in [4.78, 5) is 4.96. The summed E-state index contributed by atoms with van der Waals surface area (Å²) in [5.74, 6) is 2.11. The van der Waals surface area contributed by atoms with Crippen molar-refractivity contribution in [1.29, 1.82) is 0 Å². The standard InChI is InChI=1S/C84H78N4O/c1-52-23-21-24-53(2)78(52)57-44-71(56-41-60(83(9,10)11)47-61(42-56)84(12,13)14)79-72(45-57)67-29-17-15-27-65(67)66-28-16-18-30-68(66)73-43-55(54-33-35-58(36-34-54)81(3,4)5)46-76-80(73)87(79)51-86(76)62-25-22-26-63(49-62)89-64-37-38-70-69-31-19-20-32-74(69)88(75(70)50-64)77-48-59(39-40-85-77)82(6,7)8/h15-50H,1-14H3/i1D3,2D3. The molecule has 0 aliphatic carbocycles. The minimum atomic E-state index is -2.67. The number of rotatable bonds is 7. The van der Waals surface area contributed by atoms with Gasteiger partial charge in [-0.2, -0.15) is 0 Å². The van der Waals surface area contributed by atoms with E-state index in [-0.39, 0.29) is 38.4 Å². The van der Waals surface area contributed by atoms with Gasteiger partial charge >= 0.3 is 0 Å². The molecule has 0 saturated carbocycles. The van der Waals surface area contributed by atoms with Crippen molar-refractivity contribution in [3.8, 4) is 95.5 Å². The zero-order valence-electron chi connectivity index (χ0n) is 59.0. The molecule has 5 nitrogen and oxygen atoms in total. The molecule has 0 atom stereocenters. The van der Waals surface area contributed by atoms with Gasteiger partial charge in [0.15, 0.2) is 0 Å². The van der Waals surface area contributed by atoms with Crippen molar-refractivity contribution in [2.24, 2.45) is 0 Å². The molecule has 0 radical (unpaired) electrons. The Morgan fingerprint density at radius 3 is 1.63 bits per heavy atom. The second-order valence-corrected chi connectivity index (χ2v) is 28.3. The average molecular weight is 1170 g/mol. The van der Waals surface area contributed by atoms with E-state index in [1.807, 2.05) is 42.6 Å². The van der Waals surface area contributed by atoms with Crippen molar-refractivity contribution >= 4 is 32.8 Å². The number of aryl methyl sites for hydroxylation is 2. The minimum absolute atomic E-state index is 0.0361. The van der Waals surface area contributed by atoms with Crippen LogP contribution in [0.15, 0.2) is 219 Å². The molecule has 1 aliphatic rings. The fourth-order valence-corrected chi connectivity index (χ4v) is 13.1. The van der Waals surface area contributed by atoms with Crippen LogP contribution >= 0.6 is 0 Å². The van der Waals surface area contributed by atoms with Gasteiger partial charge < -0.3 is 4.74 Å². The number of aromatic nitrogens is 4. The number of para-hydroxylation sites is 1. The van der Waals surface area contributed by atoms with Gasteiger partial charge in [0.25, 0.3) is 6.33 Å². The number of pyridine rings is 1. The van der Waals surface area contributed by atoms with Gasteiger partial charge in [0.05, 0.1) is 33.4 Å². The summed E-state index contributed by atoms with van der Waals surface area (Å²) in [5, 5.41) is 2.21. The molecule has 0 fully saturated rings. The Morgan fingerprint density at radius 2 is 0.978 bits per heavy atom. The molecule has 0 N–H and O–H groups in total. The second-order valence-electron chi connectivity index (χ2n) is 28.3. The van der Waals surface area contributed by atoms with E-state index >= 15 is 0 Å². The predicted octanol–water partition coefficient (Wildman–Crippen LogP) is 22.1. The molecule has 89 heavy (non-hydrogen) atoms. The highest BCUT2D eigenvalue weighted by atomic mass is 16.5. The molecule has 13 aromatic rings. The van der Waals surface area contributed by atoms with E-state index in [1.165, 1.54) is 11.1 Å². The minimum Gasteiger partial charge on any atom is -0.458 e. The first-order valence-corrected chi connectivity index (χ1v) is 31.0. The maximum atomic E-state index is 9.03. The largest absolute Gasteiger partial charge is 0.458 e. The number of hydrogen-bond donors (Lipinski definition) is 0. The third-order valence-corrected chi connectivity index (χ3v) is 18.0. The van der Waals surface area contributed by atoms with Crippen LogP contribution in [0, 0.1) is 20.0 Å². The van der Waals surface area contributed by atoms with Crippen molar-refractivity contribution in [1.82, 2.24) is 14.1 Å². The number of ether oxygens (including phenoxy) is 1. The van der Waals surface area contributed by atoms with E-state index in [2.05, 4.69) is 261 Å². The molecule has 4 heterocycles. The van der Waals surface area contributed by atoms with Gasteiger partial charge in [-0.3, -0.25) is 13.7 Å². The third kappa shape index (κ3) is 10.1. The lowest BCUT2D eigenvalue weighted by Gasteiger charge is -2.28. The quantitative estimate of drug-likeness (QED) is 0.118. The molecule has 0 amide bonds.